The van der Waals surface area contributed by atoms with Crippen LogP contribution in [0, 0.1) is 0 Å². The molecule has 0 saturated carbocycles. The molecule has 17 heavy (non-hydrogen) atoms. The second kappa shape index (κ2) is 6.61. The highest BCUT2D eigenvalue weighted by Crippen LogP contribution is 2.24. The van der Waals surface area contributed by atoms with Gasteiger partial charge in [-0.15, -0.1) is 0 Å². The number of hydrogen-bond donors (Lipinski definition) is 2. The molecular formula is C12H16BrNO3. The maximum Gasteiger partial charge on any atom is 0.251 e. The molecule has 1 aromatic rings. The van der Waals surface area contributed by atoms with E-state index < -0.39 is 0 Å². The Kier molecular flexibility index (Phi) is 5.44. The molecule has 0 bridgehead atoms. The lowest BCUT2D eigenvalue weighted by Gasteiger charge is -2.16. The van der Waals surface area contributed by atoms with Crippen LogP contribution in [0.4, 0.5) is 0 Å². The van der Waals surface area contributed by atoms with E-state index in [-0.39, 0.29) is 17.7 Å². The van der Waals surface area contributed by atoms with Gasteiger partial charge in [0.1, 0.15) is 5.75 Å². The fourth-order valence-electron chi connectivity index (χ4n) is 1.39. The van der Waals surface area contributed by atoms with Gasteiger partial charge in [0, 0.05) is 12.7 Å². The molecule has 1 rings (SSSR count). The minimum Gasteiger partial charge on any atom is -0.507 e. The Morgan fingerprint density at radius 3 is 2.82 bits per heavy atom. The number of hydrogen-bond acceptors (Lipinski definition) is 3. The highest BCUT2D eigenvalue weighted by atomic mass is 79.9. The van der Waals surface area contributed by atoms with Crippen molar-refractivity contribution < 1.29 is 14.6 Å². The number of benzene rings is 1. The quantitative estimate of drug-likeness (QED) is 0.877. The third-order valence-corrected chi connectivity index (χ3v) is 3.07. The topological polar surface area (TPSA) is 58.6 Å². The van der Waals surface area contributed by atoms with Crippen molar-refractivity contribution in [2.45, 2.75) is 19.4 Å². The van der Waals surface area contributed by atoms with E-state index in [1.54, 1.807) is 19.2 Å². The molecule has 5 heteroatoms. The lowest BCUT2D eigenvalue weighted by atomic mass is 10.1. The molecule has 1 unspecified atom stereocenters. The van der Waals surface area contributed by atoms with Gasteiger partial charge in [0.2, 0.25) is 0 Å². The second-order valence-electron chi connectivity index (χ2n) is 3.70. The molecule has 0 aliphatic carbocycles. The SMILES string of the molecule is CCC(COC)NC(=O)c1ccc(Br)c(O)c1. The summed E-state index contributed by atoms with van der Waals surface area (Å²) in [6.07, 6.45) is 0.794. The molecule has 0 heterocycles. The molecule has 0 aromatic heterocycles. The molecule has 2 N–H and O–H groups in total. The van der Waals surface area contributed by atoms with Crippen molar-refractivity contribution in [2.24, 2.45) is 0 Å². The van der Waals surface area contributed by atoms with E-state index in [9.17, 15) is 9.90 Å². The fourth-order valence-corrected chi connectivity index (χ4v) is 1.63. The Bertz CT molecular complexity index is 395. The number of phenolic OH excluding ortho intramolecular Hbond substituents is 1. The average Bonchev–Trinajstić information content (AvgIpc) is 2.31. The number of amides is 1. The van der Waals surface area contributed by atoms with Crippen LogP contribution in [0.25, 0.3) is 0 Å². The zero-order chi connectivity index (χ0) is 12.8. The molecule has 0 radical (unpaired) electrons. The third-order valence-electron chi connectivity index (χ3n) is 2.40. The van der Waals surface area contributed by atoms with Crippen LogP contribution < -0.4 is 5.32 Å². The number of phenols is 1. The molecule has 1 amide bonds. The van der Waals surface area contributed by atoms with Crippen LogP contribution in [-0.4, -0.2) is 30.8 Å². The summed E-state index contributed by atoms with van der Waals surface area (Å²) in [5, 5.41) is 12.3. The summed E-state index contributed by atoms with van der Waals surface area (Å²) in [5.74, 6) is -0.158. The van der Waals surface area contributed by atoms with E-state index in [1.165, 1.54) is 6.07 Å². The highest BCUT2D eigenvalue weighted by Gasteiger charge is 2.13. The molecule has 0 aliphatic heterocycles. The Balaban J connectivity index is 2.72. The van der Waals surface area contributed by atoms with Crippen molar-refractivity contribution >= 4 is 21.8 Å². The minimum absolute atomic E-state index is 0.0155. The molecule has 0 saturated heterocycles. The number of halogens is 1. The summed E-state index contributed by atoms with van der Waals surface area (Å²) in [5.41, 5.74) is 0.431. The van der Waals surface area contributed by atoms with Crippen molar-refractivity contribution in [1.29, 1.82) is 0 Å². The Labute approximate surface area is 109 Å². The van der Waals surface area contributed by atoms with Crippen LogP contribution in [0.2, 0.25) is 0 Å². The van der Waals surface area contributed by atoms with Crippen LogP contribution in [0.3, 0.4) is 0 Å². The van der Waals surface area contributed by atoms with Gasteiger partial charge in [0.05, 0.1) is 17.1 Å². The van der Waals surface area contributed by atoms with Crippen molar-refractivity contribution in [3.05, 3.63) is 28.2 Å². The van der Waals surface area contributed by atoms with Gasteiger partial charge in [0.25, 0.3) is 5.91 Å². The normalized spacial score (nSPS) is 12.2. The maximum absolute atomic E-state index is 11.9. The number of carbonyl (C=O) groups excluding carboxylic acids is 1. The van der Waals surface area contributed by atoms with E-state index in [0.29, 0.717) is 16.6 Å². The van der Waals surface area contributed by atoms with Crippen LogP contribution in [0.1, 0.15) is 23.7 Å². The monoisotopic (exact) mass is 301 g/mol. The predicted octanol–water partition coefficient (Wildman–Crippen LogP) is 2.31. The van der Waals surface area contributed by atoms with Gasteiger partial charge < -0.3 is 15.2 Å². The fraction of sp³-hybridized carbons (Fsp3) is 0.417. The number of aromatic hydroxyl groups is 1. The first-order chi connectivity index (χ1) is 8.08. The molecule has 1 aromatic carbocycles. The molecule has 0 aliphatic rings. The summed E-state index contributed by atoms with van der Waals surface area (Å²) in [7, 11) is 1.60. The molecule has 0 spiro atoms. The summed E-state index contributed by atoms with van der Waals surface area (Å²) in [6.45, 7) is 2.45. The standard InChI is InChI=1S/C12H16BrNO3/c1-3-9(7-17-2)14-12(16)8-4-5-10(13)11(15)6-8/h4-6,9,15H,3,7H2,1-2H3,(H,14,16). The van der Waals surface area contributed by atoms with Gasteiger partial charge in [-0.05, 0) is 40.5 Å². The highest BCUT2D eigenvalue weighted by molar-refractivity contribution is 9.10. The summed E-state index contributed by atoms with van der Waals surface area (Å²) < 4.78 is 5.57. The van der Waals surface area contributed by atoms with E-state index in [4.69, 9.17) is 4.74 Å². The van der Waals surface area contributed by atoms with Gasteiger partial charge in [-0.2, -0.15) is 0 Å². The first-order valence-electron chi connectivity index (χ1n) is 5.36. The Hall–Kier alpha value is -1.07. The Morgan fingerprint density at radius 2 is 2.29 bits per heavy atom. The smallest absolute Gasteiger partial charge is 0.251 e. The van der Waals surface area contributed by atoms with Gasteiger partial charge in [-0.1, -0.05) is 6.92 Å². The largest absolute Gasteiger partial charge is 0.507 e. The van der Waals surface area contributed by atoms with Crippen LogP contribution in [0.5, 0.6) is 5.75 Å². The van der Waals surface area contributed by atoms with E-state index in [2.05, 4.69) is 21.2 Å². The zero-order valence-corrected chi connectivity index (χ0v) is 11.5. The second-order valence-corrected chi connectivity index (χ2v) is 4.55. The molecule has 4 nitrogen and oxygen atoms in total. The van der Waals surface area contributed by atoms with Crippen molar-refractivity contribution in [3.63, 3.8) is 0 Å². The van der Waals surface area contributed by atoms with Crippen LogP contribution in [-0.2, 0) is 4.74 Å². The van der Waals surface area contributed by atoms with Gasteiger partial charge in [-0.3, -0.25) is 4.79 Å². The number of nitrogens with one attached hydrogen (secondary N) is 1. The van der Waals surface area contributed by atoms with Gasteiger partial charge in [0.15, 0.2) is 0 Å². The van der Waals surface area contributed by atoms with Crippen LogP contribution in [0.15, 0.2) is 22.7 Å². The summed E-state index contributed by atoms with van der Waals surface area (Å²) >= 11 is 3.17. The average molecular weight is 302 g/mol. The molecular weight excluding hydrogens is 286 g/mol. The number of carbonyl (C=O) groups is 1. The Morgan fingerprint density at radius 1 is 1.59 bits per heavy atom. The van der Waals surface area contributed by atoms with E-state index >= 15 is 0 Å². The van der Waals surface area contributed by atoms with E-state index in [0.717, 1.165) is 6.42 Å². The summed E-state index contributed by atoms with van der Waals surface area (Å²) in [4.78, 5) is 11.9. The number of methoxy groups -OCH3 is 1. The number of ether oxygens (including phenoxy) is 1. The number of rotatable bonds is 5. The minimum atomic E-state index is -0.211. The molecule has 0 fully saturated rings. The van der Waals surface area contributed by atoms with Crippen molar-refractivity contribution in [3.8, 4) is 5.75 Å². The lowest BCUT2D eigenvalue weighted by Crippen LogP contribution is -2.37. The predicted molar refractivity (Wildman–Crippen MR) is 69.2 cm³/mol. The first kappa shape index (κ1) is 14.0. The van der Waals surface area contributed by atoms with Gasteiger partial charge in [-0.25, -0.2) is 0 Å². The maximum atomic E-state index is 11.9. The first-order valence-corrected chi connectivity index (χ1v) is 6.16. The summed E-state index contributed by atoms with van der Waals surface area (Å²) in [6, 6.07) is 4.71. The van der Waals surface area contributed by atoms with Gasteiger partial charge >= 0.3 is 0 Å². The molecule has 1 atom stereocenters. The van der Waals surface area contributed by atoms with E-state index in [1.807, 2.05) is 6.92 Å². The zero-order valence-electron chi connectivity index (χ0n) is 9.87. The molecule has 94 valence electrons. The third kappa shape index (κ3) is 4.02. The van der Waals surface area contributed by atoms with Crippen LogP contribution >= 0.6 is 15.9 Å². The van der Waals surface area contributed by atoms with Crippen molar-refractivity contribution in [1.82, 2.24) is 5.32 Å². The lowest BCUT2D eigenvalue weighted by molar-refractivity contribution is 0.0894. The van der Waals surface area contributed by atoms with Crippen molar-refractivity contribution in [2.75, 3.05) is 13.7 Å².